The Labute approximate surface area is 150 Å². The summed E-state index contributed by atoms with van der Waals surface area (Å²) in [5, 5.41) is 3.15. The zero-order valence-electron chi connectivity index (χ0n) is 15.4. The Hall–Kier alpha value is -1.59. The number of carbonyl (C=O) groups excluding carboxylic acids is 1. The molecule has 2 amide bonds. The standard InChI is InChI=1S/C20H30N2O3/c1-16(2)18(12-17-6-4-3-5-7-17)13-21-19(23)22-9-11-25-20(14-22)8-10-24-15-20/h3-7,16,18H,8-15H2,1-2H3,(H,21,23)/t18-,20+/m0/s1. The van der Waals surface area contributed by atoms with Crippen LogP contribution in [0.4, 0.5) is 4.79 Å². The smallest absolute Gasteiger partial charge is 0.317 e. The van der Waals surface area contributed by atoms with Crippen LogP contribution in [0.2, 0.25) is 0 Å². The monoisotopic (exact) mass is 346 g/mol. The van der Waals surface area contributed by atoms with E-state index in [0.717, 1.165) is 19.4 Å². The van der Waals surface area contributed by atoms with Gasteiger partial charge in [0.1, 0.15) is 5.60 Å². The molecule has 0 aromatic heterocycles. The van der Waals surface area contributed by atoms with Gasteiger partial charge in [0, 0.05) is 26.1 Å². The molecule has 138 valence electrons. The van der Waals surface area contributed by atoms with Gasteiger partial charge in [-0.15, -0.1) is 0 Å². The first-order chi connectivity index (χ1) is 12.1. The van der Waals surface area contributed by atoms with Gasteiger partial charge in [0.05, 0.1) is 19.8 Å². The van der Waals surface area contributed by atoms with Crippen LogP contribution in [0.3, 0.4) is 0 Å². The molecule has 1 aromatic carbocycles. The van der Waals surface area contributed by atoms with Crippen molar-refractivity contribution >= 4 is 6.03 Å². The fraction of sp³-hybridized carbons (Fsp3) is 0.650. The minimum absolute atomic E-state index is 0.0216. The van der Waals surface area contributed by atoms with Gasteiger partial charge in [0.2, 0.25) is 0 Å². The van der Waals surface area contributed by atoms with E-state index in [-0.39, 0.29) is 11.6 Å². The molecule has 0 aliphatic carbocycles. The Bertz CT molecular complexity index is 555. The van der Waals surface area contributed by atoms with Crippen LogP contribution in [0.25, 0.3) is 0 Å². The number of nitrogens with zero attached hydrogens (tertiary/aromatic N) is 1. The predicted molar refractivity (Wildman–Crippen MR) is 97.6 cm³/mol. The Morgan fingerprint density at radius 3 is 2.76 bits per heavy atom. The quantitative estimate of drug-likeness (QED) is 0.892. The maximum atomic E-state index is 12.6. The third-order valence-electron chi connectivity index (χ3n) is 5.40. The van der Waals surface area contributed by atoms with Crippen LogP contribution < -0.4 is 5.32 Å². The summed E-state index contributed by atoms with van der Waals surface area (Å²) in [7, 11) is 0. The average Bonchev–Trinajstić information content (AvgIpc) is 3.06. The van der Waals surface area contributed by atoms with Gasteiger partial charge in [-0.3, -0.25) is 0 Å². The number of morpholine rings is 1. The van der Waals surface area contributed by atoms with Crippen molar-refractivity contribution in [2.75, 3.05) is 39.5 Å². The van der Waals surface area contributed by atoms with Crippen LogP contribution in [-0.2, 0) is 15.9 Å². The summed E-state index contributed by atoms with van der Waals surface area (Å²) < 4.78 is 11.4. The number of carbonyl (C=O) groups is 1. The number of hydrogen-bond acceptors (Lipinski definition) is 3. The topological polar surface area (TPSA) is 50.8 Å². The van der Waals surface area contributed by atoms with Gasteiger partial charge in [-0.2, -0.15) is 0 Å². The van der Waals surface area contributed by atoms with Crippen molar-refractivity contribution in [2.45, 2.75) is 32.3 Å². The van der Waals surface area contributed by atoms with E-state index >= 15 is 0 Å². The molecule has 0 radical (unpaired) electrons. The summed E-state index contributed by atoms with van der Waals surface area (Å²) in [5.41, 5.74) is 1.04. The van der Waals surface area contributed by atoms with Crippen LogP contribution in [0, 0.1) is 11.8 Å². The van der Waals surface area contributed by atoms with Gasteiger partial charge in [0.15, 0.2) is 0 Å². The molecule has 2 atom stereocenters. The Morgan fingerprint density at radius 1 is 1.28 bits per heavy atom. The molecule has 1 N–H and O–H groups in total. The van der Waals surface area contributed by atoms with Crippen LogP contribution in [-0.4, -0.2) is 56.0 Å². The second-order valence-electron chi connectivity index (χ2n) is 7.64. The van der Waals surface area contributed by atoms with Gasteiger partial charge in [-0.1, -0.05) is 44.2 Å². The van der Waals surface area contributed by atoms with Crippen molar-refractivity contribution in [1.82, 2.24) is 10.2 Å². The highest BCUT2D eigenvalue weighted by molar-refractivity contribution is 5.74. The van der Waals surface area contributed by atoms with Crippen molar-refractivity contribution in [3.63, 3.8) is 0 Å². The summed E-state index contributed by atoms with van der Waals surface area (Å²) >= 11 is 0. The van der Waals surface area contributed by atoms with Gasteiger partial charge in [-0.05, 0) is 23.8 Å². The number of hydrogen-bond donors (Lipinski definition) is 1. The molecule has 5 heteroatoms. The predicted octanol–water partition coefficient (Wildman–Crippen LogP) is 2.70. The Kier molecular flexibility index (Phi) is 5.97. The molecular weight excluding hydrogens is 316 g/mol. The molecule has 2 aliphatic rings. The van der Waals surface area contributed by atoms with Crippen LogP contribution >= 0.6 is 0 Å². The SMILES string of the molecule is CC(C)[C@H](CNC(=O)N1CCO[C@]2(CCOC2)C1)Cc1ccccc1. The molecular formula is C20H30N2O3. The number of rotatable bonds is 5. The van der Waals surface area contributed by atoms with Crippen LogP contribution in [0.15, 0.2) is 30.3 Å². The highest BCUT2D eigenvalue weighted by Crippen LogP contribution is 2.27. The number of urea groups is 1. The van der Waals surface area contributed by atoms with E-state index in [4.69, 9.17) is 9.47 Å². The van der Waals surface area contributed by atoms with Crippen molar-refractivity contribution in [1.29, 1.82) is 0 Å². The lowest BCUT2D eigenvalue weighted by Gasteiger charge is -2.39. The molecule has 2 saturated heterocycles. The second kappa shape index (κ2) is 8.19. The summed E-state index contributed by atoms with van der Waals surface area (Å²) in [6.07, 6.45) is 1.86. The summed E-state index contributed by atoms with van der Waals surface area (Å²) in [4.78, 5) is 14.5. The highest BCUT2D eigenvalue weighted by Gasteiger charge is 2.41. The summed E-state index contributed by atoms with van der Waals surface area (Å²) in [5.74, 6) is 0.941. The van der Waals surface area contributed by atoms with Crippen molar-refractivity contribution in [3.8, 4) is 0 Å². The largest absolute Gasteiger partial charge is 0.378 e. The third kappa shape index (κ3) is 4.73. The van der Waals surface area contributed by atoms with E-state index in [2.05, 4.69) is 43.4 Å². The zero-order chi connectivity index (χ0) is 17.7. The maximum Gasteiger partial charge on any atom is 0.317 e. The van der Waals surface area contributed by atoms with Gasteiger partial charge in [-0.25, -0.2) is 4.79 Å². The van der Waals surface area contributed by atoms with E-state index in [9.17, 15) is 4.79 Å². The Morgan fingerprint density at radius 2 is 2.08 bits per heavy atom. The molecule has 3 rings (SSSR count). The fourth-order valence-corrected chi connectivity index (χ4v) is 3.64. The first-order valence-electron chi connectivity index (χ1n) is 9.36. The normalized spacial score (nSPS) is 24.7. The molecule has 25 heavy (non-hydrogen) atoms. The van der Waals surface area contributed by atoms with E-state index in [1.807, 2.05) is 11.0 Å². The minimum atomic E-state index is -0.281. The molecule has 0 bridgehead atoms. The fourth-order valence-electron chi connectivity index (χ4n) is 3.64. The van der Waals surface area contributed by atoms with Crippen molar-refractivity contribution in [2.24, 2.45) is 11.8 Å². The Balaban J connectivity index is 1.52. The minimum Gasteiger partial charge on any atom is -0.378 e. The number of benzene rings is 1. The molecule has 5 nitrogen and oxygen atoms in total. The number of nitrogens with one attached hydrogen (secondary N) is 1. The van der Waals surface area contributed by atoms with Crippen molar-refractivity contribution in [3.05, 3.63) is 35.9 Å². The maximum absolute atomic E-state index is 12.6. The van der Waals surface area contributed by atoms with Crippen LogP contribution in [0.5, 0.6) is 0 Å². The molecule has 0 saturated carbocycles. The molecule has 2 heterocycles. The average molecular weight is 346 g/mol. The van der Waals surface area contributed by atoms with E-state index in [1.165, 1.54) is 5.56 Å². The molecule has 1 aromatic rings. The second-order valence-corrected chi connectivity index (χ2v) is 7.64. The highest BCUT2D eigenvalue weighted by atomic mass is 16.6. The summed E-state index contributed by atoms with van der Waals surface area (Å²) in [6, 6.07) is 10.5. The van der Waals surface area contributed by atoms with Gasteiger partial charge in [0.25, 0.3) is 0 Å². The van der Waals surface area contributed by atoms with Crippen LogP contribution in [0.1, 0.15) is 25.8 Å². The van der Waals surface area contributed by atoms with Gasteiger partial charge >= 0.3 is 6.03 Å². The van der Waals surface area contributed by atoms with E-state index < -0.39 is 0 Å². The first kappa shape index (κ1) is 18.2. The molecule has 2 fully saturated rings. The van der Waals surface area contributed by atoms with Crippen molar-refractivity contribution < 1.29 is 14.3 Å². The van der Waals surface area contributed by atoms with E-state index in [1.54, 1.807) is 0 Å². The lowest BCUT2D eigenvalue weighted by molar-refractivity contribution is -0.0975. The van der Waals surface area contributed by atoms with Gasteiger partial charge < -0.3 is 19.7 Å². The molecule has 2 aliphatic heterocycles. The number of amides is 2. The molecule has 1 spiro atoms. The van der Waals surface area contributed by atoms with E-state index in [0.29, 0.717) is 44.7 Å². The lowest BCUT2D eigenvalue weighted by atomic mass is 9.89. The molecule has 0 unspecified atom stereocenters. The zero-order valence-corrected chi connectivity index (χ0v) is 15.4. The summed E-state index contributed by atoms with van der Waals surface area (Å²) in [6.45, 7) is 8.34. The first-order valence-corrected chi connectivity index (χ1v) is 9.36. The lowest BCUT2D eigenvalue weighted by Crippen LogP contribution is -2.56. The number of ether oxygens (including phenoxy) is 2. The third-order valence-corrected chi connectivity index (χ3v) is 5.40.